The SMILES string of the molecule is Cc1nc2c(OCc3c(Cl)ccc(N(C)C(=O)CNC(=O)C4CC4)c3Cl)cccn2c1Br. The Bertz CT molecular complexity index is 1210. The zero-order valence-electron chi connectivity index (χ0n) is 17.5. The van der Waals surface area contributed by atoms with Crippen LogP contribution in [0.5, 0.6) is 5.75 Å². The van der Waals surface area contributed by atoms with Gasteiger partial charge in [0.2, 0.25) is 11.8 Å². The molecule has 0 unspecified atom stereocenters. The highest BCUT2D eigenvalue weighted by atomic mass is 79.9. The molecule has 4 rings (SSSR count). The number of imidazole rings is 1. The number of hydrogen-bond acceptors (Lipinski definition) is 4. The van der Waals surface area contributed by atoms with Crippen LogP contribution in [0.25, 0.3) is 5.65 Å². The van der Waals surface area contributed by atoms with Gasteiger partial charge in [-0.15, -0.1) is 0 Å². The van der Waals surface area contributed by atoms with Gasteiger partial charge in [-0.1, -0.05) is 23.2 Å². The number of ether oxygens (including phenoxy) is 1. The van der Waals surface area contributed by atoms with Crippen LogP contribution >= 0.6 is 39.1 Å². The van der Waals surface area contributed by atoms with E-state index in [4.69, 9.17) is 27.9 Å². The van der Waals surface area contributed by atoms with Crippen molar-refractivity contribution in [1.29, 1.82) is 0 Å². The van der Waals surface area contributed by atoms with Crippen LogP contribution in [0.4, 0.5) is 5.69 Å². The lowest BCUT2D eigenvalue weighted by Crippen LogP contribution is -2.38. The Labute approximate surface area is 203 Å². The highest BCUT2D eigenvalue weighted by molar-refractivity contribution is 9.10. The van der Waals surface area contributed by atoms with Gasteiger partial charge in [0.05, 0.1) is 22.9 Å². The standard InChI is InChI=1S/C22H21BrCl2N4O3/c1-12-20(23)29-9-3-4-17(21(29)27-12)32-11-14-15(24)7-8-16(19(14)25)28(2)18(30)10-26-22(31)13-5-6-13/h3-4,7-9,13H,5-6,10-11H2,1-2H3,(H,26,31). The van der Waals surface area contributed by atoms with Crippen molar-refractivity contribution in [1.82, 2.24) is 14.7 Å². The number of amides is 2. The average molecular weight is 540 g/mol. The molecular weight excluding hydrogens is 519 g/mol. The molecule has 2 amide bonds. The Morgan fingerprint density at radius 1 is 1.31 bits per heavy atom. The number of rotatable bonds is 7. The Balaban J connectivity index is 1.51. The minimum atomic E-state index is -0.280. The molecule has 1 fully saturated rings. The fourth-order valence-electron chi connectivity index (χ4n) is 3.27. The van der Waals surface area contributed by atoms with Gasteiger partial charge in [0.15, 0.2) is 11.4 Å². The van der Waals surface area contributed by atoms with Crippen LogP contribution in [-0.4, -0.2) is 34.8 Å². The van der Waals surface area contributed by atoms with Gasteiger partial charge in [-0.3, -0.25) is 14.0 Å². The summed E-state index contributed by atoms with van der Waals surface area (Å²) in [5.74, 6) is 0.252. The van der Waals surface area contributed by atoms with Crippen molar-refractivity contribution >= 4 is 62.3 Å². The number of anilines is 1. The molecule has 7 nitrogen and oxygen atoms in total. The van der Waals surface area contributed by atoms with Crippen LogP contribution in [0.1, 0.15) is 24.1 Å². The molecule has 0 saturated heterocycles. The van der Waals surface area contributed by atoms with Crippen LogP contribution in [0, 0.1) is 12.8 Å². The number of nitrogens with zero attached hydrogens (tertiary/aromatic N) is 3. The van der Waals surface area contributed by atoms with Gasteiger partial charge in [0.25, 0.3) is 0 Å². The number of benzene rings is 1. The summed E-state index contributed by atoms with van der Waals surface area (Å²) in [4.78, 5) is 30.3. The van der Waals surface area contributed by atoms with Crippen LogP contribution in [0.3, 0.4) is 0 Å². The Morgan fingerprint density at radius 3 is 2.78 bits per heavy atom. The highest BCUT2D eigenvalue weighted by Crippen LogP contribution is 2.35. The van der Waals surface area contributed by atoms with E-state index < -0.39 is 0 Å². The zero-order chi connectivity index (χ0) is 23.0. The van der Waals surface area contributed by atoms with E-state index in [2.05, 4.69) is 26.2 Å². The monoisotopic (exact) mass is 538 g/mol. The maximum Gasteiger partial charge on any atom is 0.246 e. The van der Waals surface area contributed by atoms with E-state index in [1.807, 2.05) is 29.7 Å². The summed E-state index contributed by atoms with van der Waals surface area (Å²) < 4.78 is 8.74. The van der Waals surface area contributed by atoms with Crippen LogP contribution < -0.4 is 15.0 Å². The molecule has 1 aliphatic carbocycles. The predicted octanol–water partition coefficient (Wildman–Crippen LogP) is 4.78. The van der Waals surface area contributed by atoms with Gasteiger partial charge in [0, 0.05) is 29.7 Å². The first-order chi connectivity index (χ1) is 15.3. The van der Waals surface area contributed by atoms with Crippen LogP contribution in [-0.2, 0) is 16.2 Å². The molecule has 2 heterocycles. The lowest BCUT2D eigenvalue weighted by molar-refractivity contribution is -0.125. The molecule has 1 aliphatic rings. The first-order valence-electron chi connectivity index (χ1n) is 10.0. The largest absolute Gasteiger partial charge is 0.485 e. The minimum Gasteiger partial charge on any atom is -0.485 e. The van der Waals surface area contributed by atoms with Crippen molar-refractivity contribution in [3.8, 4) is 5.75 Å². The van der Waals surface area contributed by atoms with Gasteiger partial charge in [-0.2, -0.15) is 0 Å². The summed E-state index contributed by atoms with van der Waals surface area (Å²) in [6.07, 6.45) is 3.64. The number of fused-ring (bicyclic) bond motifs is 1. The van der Waals surface area contributed by atoms with Crippen LogP contribution in [0.15, 0.2) is 35.1 Å². The molecule has 3 aromatic rings. The van der Waals surface area contributed by atoms with Crippen molar-refractivity contribution in [2.45, 2.75) is 26.4 Å². The number of halogens is 3. The van der Waals surface area contributed by atoms with E-state index in [1.54, 1.807) is 19.2 Å². The molecular formula is C22H21BrCl2N4O3. The number of carbonyl (C=O) groups is 2. The molecule has 168 valence electrons. The average Bonchev–Trinajstić information content (AvgIpc) is 3.58. The number of carbonyl (C=O) groups excluding carboxylic acids is 2. The van der Waals surface area contributed by atoms with Crippen molar-refractivity contribution in [2.75, 3.05) is 18.5 Å². The third kappa shape index (κ3) is 4.58. The second-order valence-electron chi connectivity index (χ2n) is 7.65. The summed E-state index contributed by atoms with van der Waals surface area (Å²) in [5.41, 5.74) is 2.54. The normalized spacial score (nSPS) is 13.3. The predicted molar refractivity (Wildman–Crippen MR) is 128 cm³/mol. The number of hydrogen-bond donors (Lipinski definition) is 1. The Hall–Kier alpha value is -2.29. The fourth-order valence-corrected chi connectivity index (χ4v) is 4.25. The zero-order valence-corrected chi connectivity index (χ0v) is 20.6. The lowest BCUT2D eigenvalue weighted by Gasteiger charge is -2.21. The second kappa shape index (κ2) is 9.29. The number of pyridine rings is 1. The second-order valence-corrected chi connectivity index (χ2v) is 9.18. The summed E-state index contributed by atoms with van der Waals surface area (Å²) in [5, 5.41) is 3.41. The lowest BCUT2D eigenvalue weighted by atomic mass is 10.2. The van der Waals surface area contributed by atoms with E-state index in [9.17, 15) is 9.59 Å². The van der Waals surface area contributed by atoms with E-state index in [0.717, 1.165) is 23.1 Å². The highest BCUT2D eigenvalue weighted by Gasteiger charge is 2.30. The maximum absolute atomic E-state index is 12.6. The van der Waals surface area contributed by atoms with Crippen molar-refractivity contribution in [3.05, 3.63) is 56.4 Å². The summed E-state index contributed by atoms with van der Waals surface area (Å²) in [6.45, 7) is 1.90. The molecule has 32 heavy (non-hydrogen) atoms. The van der Waals surface area contributed by atoms with E-state index in [-0.39, 0.29) is 30.9 Å². The van der Waals surface area contributed by atoms with Crippen molar-refractivity contribution in [2.24, 2.45) is 5.92 Å². The van der Waals surface area contributed by atoms with E-state index in [1.165, 1.54) is 4.90 Å². The number of likely N-dealkylation sites (N-methyl/N-ethyl adjacent to an activating group) is 1. The Kier molecular flexibility index (Phi) is 6.65. The topological polar surface area (TPSA) is 75.9 Å². The molecule has 10 heteroatoms. The molecule has 0 spiro atoms. The quantitative estimate of drug-likeness (QED) is 0.469. The molecule has 0 radical (unpaired) electrons. The van der Waals surface area contributed by atoms with Gasteiger partial charge in [-0.05, 0) is 60.0 Å². The molecule has 0 bridgehead atoms. The number of aromatic nitrogens is 2. The maximum atomic E-state index is 12.6. The number of nitrogens with one attached hydrogen (secondary N) is 1. The van der Waals surface area contributed by atoms with Crippen LogP contribution in [0.2, 0.25) is 10.0 Å². The molecule has 2 aromatic heterocycles. The Morgan fingerprint density at radius 2 is 2.06 bits per heavy atom. The van der Waals surface area contributed by atoms with Crippen molar-refractivity contribution < 1.29 is 14.3 Å². The van der Waals surface area contributed by atoms with Crippen molar-refractivity contribution in [3.63, 3.8) is 0 Å². The summed E-state index contributed by atoms with van der Waals surface area (Å²) in [6, 6.07) is 7.02. The molecule has 0 atom stereocenters. The van der Waals surface area contributed by atoms with E-state index >= 15 is 0 Å². The summed E-state index contributed by atoms with van der Waals surface area (Å²) >= 11 is 16.5. The molecule has 1 N–H and O–H groups in total. The van der Waals surface area contributed by atoms with Gasteiger partial charge >= 0.3 is 0 Å². The third-order valence-electron chi connectivity index (χ3n) is 5.35. The smallest absolute Gasteiger partial charge is 0.246 e. The van der Waals surface area contributed by atoms with Gasteiger partial charge in [-0.25, -0.2) is 4.98 Å². The van der Waals surface area contributed by atoms with E-state index in [0.29, 0.717) is 32.7 Å². The molecule has 1 aromatic carbocycles. The third-order valence-corrected chi connectivity index (χ3v) is 7.08. The summed E-state index contributed by atoms with van der Waals surface area (Å²) in [7, 11) is 1.61. The molecule has 1 saturated carbocycles. The number of aryl methyl sites for hydroxylation is 1. The van der Waals surface area contributed by atoms with Gasteiger partial charge in [0.1, 0.15) is 11.2 Å². The molecule has 0 aliphatic heterocycles. The van der Waals surface area contributed by atoms with Gasteiger partial charge < -0.3 is 15.0 Å². The first kappa shape index (κ1) is 22.9. The minimum absolute atomic E-state index is 0.0416. The fraction of sp³-hybridized carbons (Fsp3) is 0.318. The first-order valence-corrected chi connectivity index (χ1v) is 11.6.